The second-order valence-corrected chi connectivity index (χ2v) is 4.09. The number of nitrogens with zero attached hydrogens (tertiary/aromatic N) is 1. The molecule has 0 saturated heterocycles. The monoisotopic (exact) mass is 216 g/mol. The number of hydrogen-bond donors (Lipinski definition) is 1. The van der Waals surface area contributed by atoms with Crippen LogP contribution in [0, 0.1) is 6.92 Å². The fourth-order valence-corrected chi connectivity index (χ4v) is 1.87. The molecule has 1 aromatic carbocycles. The van der Waals surface area contributed by atoms with Gasteiger partial charge in [0.2, 0.25) is 0 Å². The van der Waals surface area contributed by atoms with Gasteiger partial charge in [-0.1, -0.05) is 18.2 Å². The lowest BCUT2D eigenvalue weighted by Crippen LogP contribution is -2.34. The number of nitrogen functional groups attached to an aromatic ring is 1. The van der Waals surface area contributed by atoms with Crippen molar-refractivity contribution in [2.45, 2.75) is 13.3 Å². The number of benzene rings is 1. The van der Waals surface area contributed by atoms with Crippen LogP contribution in [0.15, 0.2) is 30.4 Å². The highest BCUT2D eigenvalue weighted by Gasteiger charge is 2.17. The van der Waals surface area contributed by atoms with Gasteiger partial charge in [0, 0.05) is 24.3 Å². The molecule has 0 radical (unpaired) electrons. The first-order valence-corrected chi connectivity index (χ1v) is 5.49. The zero-order chi connectivity index (χ0) is 11.5. The van der Waals surface area contributed by atoms with Crippen molar-refractivity contribution in [1.82, 2.24) is 4.90 Å². The standard InChI is InChI=1S/C13H16N2O/c1-10-5-6-11(14)9-12(10)13(16)15-7-3-2-4-8-15/h2-3,5-6,9H,4,7-8,14H2,1H3. The zero-order valence-corrected chi connectivity index (χ0v) is 9.44. The maximum absolute atomic E-state index is 12.2. The van der Waals surface area contributed by atoms with Gasteiger partial charge in [-0.3, -0.25) is 4.79 Å². The molecule has 0 bridgehead atoms. The van der Waals surface area contributed by atoms with Gasteiger partial charge in [-0.15, -0.1) is 0 Å². The number of carbonyl (C=O) groups is 1. The van der Waals surface area contributed by atoms with E-state index in [1.54, 1.807) is 6.07 Å². The van der Waals surface area contributed by atoms with Crippen LogP contribution in [0.4, 0.5) is 5.69 Å². The van der Waals surface area contributed by atoms with Crippen molar-refractivity contribution in [2.75, 3.05) is 18.8 Å². The van der Waals surface area contributed by atoms with Crippen LogP contribution >= 0.6 is 0 Å². The minimum atomic E-state index is 0.0779. The Morgan fingerprint density at radius 3 is 2.88 bits per heavy atom. The van der Waals surface area contributed by atoms with Crippen LogP contribution in [-0.2, 0) is 0 Å². The van der Waals surface area contributed by atoms with E-state index in [1.807, 2.05) is 30.0 Å². The summed E-state index contributed by atoms with van der Waals surface area (Å²) in [5.74, 6) is 0.0779. The van der Waals surface area contributed by atoms with Crippen LogP contribution in [0.3, 0.4) is 0 Å². The Morgan fingerprint density at radius 1 is 1.38 bits per heavy atom. The fourth-order valence-electron chi connectivity index (χ4n) is 1.87. The van der Waals surface area contributed by atoms with Crippen molar-refractivity contribution < 1.29 is 4.79 Å². The van der Waals surface area contributed by atoms with E-state index in [9.17, 15) is 4.79 Å². The van der Waals surface area contributed by atoms with Gasteiger partial charge in [-0.2, -0.15) is 0 Å². The summed E-state index contributed by atoms with van der Waals surface area (Å²) in [6, 6.07) is 5.47. The molecule has 3 nitrogen and oxygen atoms in total. The smallest absolute Gasteiger partial charge is 0.254 e. The van der Waals surface area contributed by atoms with Crippen molar-refractivity contribution in [3.63, 3.8) is 0 Å². The van der Waals surface area contributed by atoms with Crippen molar-refractivity contribution in [3.05, 3.63) is 41.5 Å². The highest BCUT2D eigenvalue weighted by Crippen LogP contribution is 2.16. The van der Waals surface area contributed by atoms with Crippen LogP contribution in [0.1, 0.15) is 22.3 Å². The molecule has 0 unspecified atom stereocenters. The highest BCUT2D eigenvalue weighted by atomic mass is 16.2. The van der Waals surface area contributed by atoms with Crippen LogP contribution < -0.4 is 5.73 Å². The molecule has 1 heterocycles. The third-order valence-electron chi connectivity index (χ3n) is 2.84. The van der Waals surface area contributed by atoms with Crippen LogP contribution in [-0.4, -0.2) is 23.9 Å². The van der Waals surface area contributed by atoms with E-state index >= 15 is 0 Å². The molecule has 3 heteroatoms. The fraction of sp³-hybridized carbons (Fsp3) is 0.308. The summed E-state index contributed by atoms with van der Waals surface area (Å²) in [5, 5.41) is 0. The van der Waals surface area contributed by atoms with Gasteiger partial charge in [0.25, 0.3) is 5.91 Å². The largest absolute Gasteiger partial charge is 0.399 e. The quantitative estimate of drug-likeness (QED) is 0.576. The molecule has 1 amide bonds. The van der Waals surface area contributed by atoms with E-state index in [0.29, 0.717) is 12.2 Å². The van der Waals surface area contributed by atoms with Gasteiger partial charge in [0.05, 0.1) is 0 Å². The molecule has 0 spiro atoms. The topological polar surface area (TPSA) is 46.3 Å². The summed E-state index contributed by atoms with van der Waals surface area (Å²) in [6.45, 7) is 3.43. The normalized spacial score (nSPS) is 15.2. The minimum Gasteiger partial charge on any atom is -0.399 e. The van der Waals surface area contributed by atoms with E-state index in [1.165, 1.54) is 0 Å². The van der Waals surface area contributed by atoms with Gasteiger partial charge in [-0.25, -0.2) is 0 Å². The first kappa shape index (κ1) is 10.7. The minimum absolute atomic E-state index is 0.0779. The molecule has 0 atom stereocenters. The van der Waals surface area contributed by atoms with Crippen molar-refractivity contribution >= 4 is 11.6 Å². The number of amides is 1. The third-order valence-corrected chi connectivity index (χ3v) is 2.84. The molecular formula is C13H16N2O. The lowest BCUT2D eigenvalue weighted by Gasteiger charge is -2.24. The predicted molar refractivity (Wildman–Crippen MR) is 65.3 cm³/mol. The molecule has 0 aliphatic carbocycles. The Labute approximate surface area is 95.6 Å². The number of anilines is 1. The maximum Gasteiger partial charge on any atom is 0.254 e. The molecule has 0 aromatic heterocycles. The number of aryl methyl sites for hydroxylation is 1. The van der Waals surface area contributed by atoms with E-state index in [2.05, 4.69) is 6.08 Å². The molecule has 16 heavy (non-hydrogen) atoms. The van der Waals surface area contributed by atoms with Crippen molar-refractivity contribution in [1.29, 1.82) is 0 Å². The Morgan fingerprint density at radius 2 is 2.19 bits per heavy atom. The molecule has 1 aliphatic rings. The van der Waals surface area contributed by atoms with E-state index in [4.69, 9.17) is 5.73 Å². The SMILES string of the molecule is Cc1ccc(N)cc1C(=O)N1CC=CCC1. The lowest BCUT2D eigenvalue weighted by atomic mass is 10.1. The zero-order valence-electron chi connectivity index (χ0n) is 9.44. The molecule has 1 aromatic rings. The van der Waals surface area contributed by atoms with Gasteiger partial charge < -0.3 is 10.6 Å². The Bertz CT molecular complexity index is 438. The molecule has 1 aliphatic heterocycles. The summed E-state index contributed by atoms with van der Waals surface area (Å²) >= 11 is 0. The first-order valence-electron chi connectivity index (χ1n) is 5.49. The molecule has 0 fully saturated rings. The van der Waals surface area contributed by atoms with Crippen LogP contribution in [0.25, 0.3) is 0 Å². The Hall–Kier alpha value is -1.77. The first-order chi connectivity index (χ1) is 7.68. The Kier molecular flexibility index (Phi) is 2.95. The van der Waals surface area contributed by atoms with Gasteiger partial charge in [0.15, 0.2) is 0 Å². The molecular weight excluding hydrogens is 200 g/mol. The van der Waals surface area contributed by atoms with Crippen LogP contribution in [0.5, 0.6) is 0 Å². The second-order valence-electron chi connectivity index (χ2n) is 4.09. The predicted octanol–water partition coefficient (Wildman–Crippen LogP) is 1.98. The summed E-state index contributed by atoms with van der Waals surface area (Å²) in [4.78, 5) is 14.1. The lowest BCUT2D eigenvalue weighted by molar-refractivity contribution is 0.0770. The molecule has 2 N–H and O–H groups in total. The maximum atomic E-state index is 12.2. The average molecular weight is 216 g/mol. The van der Waals surface area contributed by atoms with Gasteiger partial charge >= 0.3 is 0 Å². The molecule has 84 valence electrons. The van der Waals surface area contributed by atoms with Crippen molar-refractivity contribution in [2.24, 2.45) is 0 Å². The van der Waals surface area contributed by atoms with Crippen molar-refractivity contribution in [3.8, 4) is 0 Å². The second kappa shape index (κ2) is 4.39. The number of rotatable bonds is 1. The molecule has 0 saturated carbocycles. The van der Waals surface area contributed by atoms with Gasteiger partial charge in [-0.05, 0) is 31.0 Å². The van der Waals surface area contributed by atoms with E-state index in [0.717, 1.165) is 24.1 Å². The highest BCUT2D eigenvalue weighted by molar-refractivity contribution is 5.96. The van der Waals surface area contributed by atoms with E-state index in [-0.39, 0.29) is 5.91 Å². The Balaban J connectivity index is 2.26. The molecule has 2 rings (SSSR count). The number of carbonyl (C=O) groups excluding carboxylic acids is 1. The number of nitrogens with two attached hydrogens (primary N) is 1. The summed E-state index contributed by atoms with van der Waals surface area (Å²) in [7, 11) is 0. The summed E-state index contributed by atoms with van der Waals surface area (Å²) < 4.78 is 0. The van der Waals surface area contributed by atoms with Gasteiger partial charge in [0.1, 0.15) is 0 Å². The van der Waals surface area contributed by atoms with Crippen LogP contribution in [0.2, 0.25) is 0 Å². The third kappa shape index (κ3) is 2.08. The number of hydrogen-bond acceptors (Lipinski definition) is 2. The summed E-state index contributed by atoms with van der Waals surface area (Å²) in [5.41, 5.74) is 8.05. The average Bonchev–Trinajstić information content (AvgIpc) is 2.32. The van der Waals surface area contributed by atoms with E-state index < -0.39 is 0 Å². The summed E-state index contributed by atoms with van der Waals surface area (Å²) in [6.07, 6.45) is 5.08.